The predicted octanol–water partition coefficient (Wildman–Crippen LogP) is 4.15. The standard InChI is InChI=1S/C23H30FN5O3/c1-23(2,3)32-22(31)28-13-7-8-18(28)21(30)25-17-14-15(10-11-16(17)24)20-27-26-19-9-5-4-6-12-29(19)20/h10-11,14,18H,4-9,12-13H2,1-3H3,(H,25,30). The van der Waals surface area contributed by atoms with E-state index < -0.39 is 29.5 Å². The lowest BCUT2D eigenvalue weighted by Crippen LogP contribution is -2.45. The van der Waals surface area contributed by atoms with Gasteiger partial charge in [0, 0.05) is 25.1 Å². The lowest BCUT2D eigenvalue weighted by Gasteiger charge is -2.28. The van der Waals surface area contributed by atoms with Crippen molar-refractivity contribution in [1.82, 2.24) is 19.7 Å². The van der Waals surface area contributed by atoms with Gasteiger partial charge in [-0.2, -0.15) is 0 Å². The summed E-state index contributed by atoms with van der Waals surface area (Å²) in [6, 6.07) is 3.86. The minimum absolute atomic E-state index is 0.0644. The molecular weight excluding hydrogens is 413 g/mol. The highest BCUT2D eigenvalue weighted by Gasteiger charge is 2.37. The minimum Gasteiger partial charge on any atom is -0.444 e. The van der Waals surface area contributed by atoms with Crippen LogP contribution in [0.3, 0.4) is 0 Å². The van der Waals surface area contributed by atoms with E-state index in [0.29, 0.717) is 30.8 Å². The normalized spacial score (nSPS) is 18.8. The summed E-state index contributed by atoms with van der Waals surface area (Å²) in [6.45, 7) is 6.59. The number of amides is 2. The zero-order chi connectivity index (χ0) is 22.9. The third-order valence-electron chi connectivity index (χ3n) is 5.78. The van der Waals surface area contributed by atoms with E-state index >= 15 is 0 Å². The average Bonchev–Trinajstić information content (AvgIpc) is 3.30. The lowest BCUT2D eigenvalue weighted by atomic mass is 10.1. The minimum atomic E-state index is -0.697. The van der Waals surface area contributed by atoms with Gasteiger partial charge >= 0.3 is 6.09 Å². The van der Waals surface area contributed by atoms with Crippen molar-refractivity contribution in [3.63, 3.8) is 0 Å². The Morgan fingerprint density at radius 3 is 2.72 bits per heavy atom. The van der Waals surface area contributed by atoms with Crippen molar-refractivity contribution in [2.24, 2.45) is 0 Å². The number of anilines is 1. The number of fused-ring (bicyclic) bond motifs is 1. The van der Waals surface area contributed by atoms with E-state index in [0.717, 1.165) is 38.1 Å². The van der Waals surface area contributed by atoms with E-state index in [-0.39, 0.29) is 5.69 Å². The summed E-state index contributed by atoms with van der Waals surface area (Å²) >= 11 is 0. The maximum atomic E-state index is 14.6. The van der Waals surface area contributed by atoms with Crippen molar-refractivity contribution in [3.05, 3.63) is 29.8 Å². The van der Waals surface area contributed by atoms with Crippen LogP contribution in [0.4, 0.5) is 14.9 Å². The van der Waals surface area contributed by atoms with Crippen LogP contribution in [0.1, 0.15) is 58.7 Å². The predicted molar refractivity (Wildman–Crippen MR) is 118 cm³/mol. The van der Waals surface area contributed by atoms with Gasteiger partial charge in [-0.3, -0.25) is 9.69 Å². The SMILES string of the molecule is CC(C)(C)OC(=O)N1CCCC1C(=O)Nc1cc(-c2nnc3n2CCCCC3)ccc1F. The van der Waals surface area contributed by atoms with Gasteiger partial charge in [0.05, 0.1) is 5.69 Å². The highest BCUT2D eigenvalue weighted by Crippen LogP contribution is 2.28. The molecule has 32 heavy (non-hydrogen) atoms. The van der Waals surface area contributed by atoms with Crippen LogP contribution in [0, 0.1) is 5.82 Å². The van der Waals surface area contributed by atoms with Crippen molar-refractivity contribution < 1.29 is 18.7 Å². The molecule has 172 valence electrons. The zero-order valence-electron chi connectivity index (χ0n) is 18.9. The summed E-state index contributed by atoms with van der Waals surface area (Å²) in [7, 11) is 0. The van der Waals surface area contributed by atoms with Gasteiger partial charge in [-0.05, 0) is 64.7 Å². The first-order chi connectivity index (χ1) is 15.2. The number of carbonyl (C=O) groups excluding carboxylic acids is 2. The fourth-order valence-electron chi connectivity index (χ4n) is 4.25. The molecule has 2 aliphatic rings. The number of halogens is 1. The molecule has 0 saturated carbocycles. The first kappa shape index (κ1) is 22.2. The number of hydrogen-bond acceptors (Lipinski definition) is 5. The average molecular weight is 444 g/mol. The molecule has 1 fully saturated rings. The number of rotatable bonds is 3. The van der Waals surface area contributed by atoms with Gasteiger partial charge in [0.1, 0.15) is 23.3 Å². The second-order valence-corrected chi connectivity index (χ2v) is 9.42. The molecule has 9 heteroatoms. The smallest absolute Gasteiger partial charge is 0.410 e. The first-order valence-electron chi connectivity index (χ1n) is 11.3. The molecule has 0 radical (unpaired) electrons. The molecule has 0 bridgehead atoms. The molecule has 1 saturated heterocycles. The van der Waals surface area contributed by atoms with Crippen molar-refractivity contribution in [3.8, 4) is 11.4 Å². The molecule has 4 rings (SSSR count). The molecule has 0 spiro atoms. The molecule has 0 aliphatic carbocycles. The Kier molecular flexibility index (Phi) is 6.17. The zero-order valence-corrected chi connectivity index (χ0v) is 18.9. The third-order valence-corrected chi connectivity index (χ3v) is 5.78. The summed E-state index contributed by atoms with van der Waals surface area (Å²) < 4.78 is 22.1. The van der Waals surface area contributed by atoms with Crippen LogP contribution >= 0.6 is 0 Å². The van der Waals surface area contributed by atoms with Crippen molar-refractivity contribution in [1.29, 1.82) is 0 Å². The van der Waals surface area contributed by atoms with Crippen LogP contribution in [0.5, 0.6) is 0 Å². The molecule has 2 amide bonds. The molecule has 2 aromatic rings. The number of likely N-dealkylation sites (tertiary alicyclic amines) is 1. The van der Waals surface area contributed by atoms with E-state index in [2.05, 4.69) is 20.1 Å². The third kappa shape index (κ3) is 4.76. The molecular formula is C23H30FN5O3. The van der Waals surface area contributed by atoms with Crippen LogP contribution in [-0.4, -0.2) is 49.9 Å². The van der Waals surface area contributed by atoms with Crippen molar-refractivity contribution in [2.45, 2.75) is 77.5 Å². The summed E-state index contributed by atoms with van der Waals surface area (Å²) in [5, 5.41) is 11.3. The largest absolute Gasteiger partial charge is 0.444 e. The van der Waals surface area contributed by atoms with Crippen LogP contribution in [-0.2, 0) is 22.5 Å². The summed E-state index contributed by atoms with van der Waals surface area (Å²) in [5.74, 6) is 0.643. The van der Waals surface area contributed by atoms with E-state index in [1.54, 1.807) is 32.9 Å². The topological polar surface area (TPSA) is 89.3 Å². The lowest BCUT2D eigenvalue weighted by molar-refractivity contribution is -0.120. The van der Waals surface area contributed by atoms with Gasteiger partial charge in [-0.25, -0.2) is 9.18 Å². The number of benzene rings is 1. The van der Waals surface area contributed by atoms with Crippen LogP contribution < -0.4 is 5.32 Å². The molecule has 1 atom stereocenters. The summed E-state index contributed by atoms with van der Waals surface area (Å²) in [4.78, 5) is 26.9. The van der Waals surface area contributed by atoms with Crippen molar-refractivity contribution >= 4 is 17.7 Å². The number of carbonyl (C=O) groups is 2. The van der Waals surface area contributed by atoms with Gasteiger partial charge < -0.3 is 14.6 Å². The highest BCUT2D eigenvalue weighted by atomic mass is 19.1. The van der Waals surface area contributed by atoms with Gasteiger partial charge in [-0.1, -0.05) is 6.42 Å². The van der Waals surface area contributed by atoms with Gasteiger partial charge in [0.2, 0.25) is 5.91 Å². The molecule has 2 aliphatic heterocycles. The van der Waals surface area contributed by atoms with Gasteiger partial charge in [-0.15, -0.1) is 10.2 Å². The Hall–Kier alpha value is -2.97. The van der Waals surface area contributed by atoms with Crippen LogP contribution in [0.15, 0.2) is 18.2 Å². The van der Waals surface area contributed by atoms with E-state index in [9.17, 15) is 14.0 Å². The fourth-order valence-corrected chi connectivity index (χ4v) is 4.25. The molecule has 8 nitrogen and oxygen atoms in total. The Morgan fingerprint density at radius 2 is 1.94 bits per heavy atom. The Labute approximate surface area is 187 Å². The van der Waals surface area contributed by atoms with Crippen LogP contribution in [0.2, 0.25) is 0 Å². The number of aromatic nitrogens is 3. The maximum Gasteiger partial charge on any atom is 0.410 e. The molecule has 3 heterocycles. The Bertz CT molecular complexity index is 1010. The number of nitrogens with one attached hydrogen (secondary N) is 1. The maximum absolute atomic E-state index is 14.6. The Balaban J connectivity index is 1.53. The number of nitrogens with zero attached hydrogens (tertiary/aromatic N) is 4. The fraction of sp³-hybridized carbons (Fsp3) is 0.565. The van der Waals surface area contributed by atoms with Gasteiger partial charge in [0.15, 0.2) is 5.82 Å². The van der Waals surface area contributed by atoms with Crippen LogP contribution in [0.25, 0.3) is 11.4 Å². The molecule has 1 aromatic heterocycles. The number of aryl methyl sites for hydroxylation is 1. The number of hydrogen-bond donors (Lipinski definition) is 1. The first-order valence-corrected chi connectivity index (χ1v) is 11.3. The van der Waals surface area contributed by atoms with E-state index in [4.69, 9.17) is 4.74 Å². The van der Waals surface area contributed by atoms with E-state index in [1.807, 2.05) is 0 Å². The monoisotopic (exact) mass is 443 g/mol. The van der Waals surface area contributed by atoms with Gasteiger partial charge in [0.25, 0.3) is 0 Å². The summed E-state index contributed by atoms with van der Waals surface area (Å²) in [5.41, 5.74) is 0.101. The second-order valence-electron chi connectivity index (χ2n) is 9.42. The molecule has 1 unspecified atom stereocenters. The number of ether oxygens (including phenoxy) is 1. The Morgan fingerprint density at radius 1 is 1.12 bits per heavy atom. The quantitative estimate of drug-likeness (QED) is 0.770. The highest BCUT2D eigenvalue weighted by molar-refractivity contribution is 5.97. The van der Waals surface area contributed by atoms with Crippen molar-refractivity contribution in [2.75, 3.05) is 11.9 Å². The van der Waals surface area contributed by atoms with E-state index in [1.165, 1.54) is 11.0 Å². The molecule has 1 aromatic carbocycles. The second kappa shape index (κ2) is 8.88. The molecule has 1 N–H and O–H groups in total. The summed E-state index contributed by atoms with van der Waals surface area (Å²) in [6.07, 6.45) is 4.80.